The summed E-state index contributed by atoms with van der Waals surface area (Å²) in [6, 6.07) is 72.1. The molecule has 2 spiro atoms. The maximum absolute atomic E-state index is 6.63. The molecule has 0 amide bonds. The van der Waals surface area contributed by atoms with Crippen LogP contribution in [-0.4, -0.2) is 4.98 Å². The molecule has 0 unspecified atom stereocenters. The molecule has 8 aromatic carbocycles. The van der Waals surface area contributed by atoms with Crippen molar-refractivity contribution in [2.45, 2.75) is 10.8 Å². The summed E-state index contributed by atoms with van der Waals surface area (Å²) in [5.74, 6) is 0. The van der Waals surface area contributed by atoms with Crippen molar-refractivity contribution in [2.75, 3.05) is 0 Å². The first-order valence-electron chi connectivity index (χ1n) is 19.8. The molecule has 0 saturated carbocycles. The summed E-state index contributed by atoms with van der Waals surface area (Å²) >= 11 is 0. The average molecular weight is 724 g/mol. The number of aromatic nitrogens is 1. The predicted octanol–water partition coefficient (Wildman–Crippen LogP) is 13.4. The molecule has 2 heteroatoms. The zero-order chi connectivity index (χ0) is 37.3. The predicted molar refractivity (Wildman–Crippen MR) is 231 cm³/mol. The molecule has 0 atom stereocenters. The van der Waals surface area contributed by atoms with E-state index < -0.39 is 10.8 Å². The van der Waals surface area contributed by atoms with Gasteiger partial charge in [0.05, 0.1) is 16.5 Å². The second-order valence-electron chi connectivity index (χ2n) is 15.7. The first kappa shape index (κ1) is 31.0. The number of hydrogen-bond acceptors (Lipinski definition) is 2. The van der Waals surface area contributed by atoms with Crippen LogP contribution in [0.25, 0.3) is 66.6 Å². The number of rotatable bonds is 2. The lowest BCUT2D eigenvalue weighted by Crippen LogP contribution is -2.44. The Hall–Kier alpha value is -7.29. The maximum atomic E-state index is 6.63. The van der Waals surface area contributed by atoms with Crippen molar-refractivity contribution in [1.82, 2.24) is 4.98 Å². The molecule has 0 aliphatic heterocycles. The molecule has 0 N–H and O–H groups in total. The minimum atomic E-state index is -0.640. The topological polar surface area (TPSA) is 26.0 Å². The number of fused-ring (bicyclic) bond motifs is 19. The van der Waals surface area contributed by atoms with E-state index in [1.54, 1.807) is 0 Å². The number of hydrogen-bond donors (Lipinski definition) is 0. The zero-order valence-electron chi connectivity index (χ0n) is 30.9. The van der Waals surface area contributed by atoms with Gasteiger partial charge in [0.1, 0.15) is 11.2 Å². The lowest BCUT2D eigenvalue weighted by Gasteiger charge is -2.49. The van der Waals surface area contributed by atoms with Crippen LogP contribution in [0.2, 0.25) is 0 Å². The molecule has 264 valence electrons. The van der Waals surface area contributed by atoms with Crippen molar-refractivity contribution in [1.29, 1.82) is 0 Å². The summed E-state index contributed by atoms with van der Waals surface area (Å²) in [6.07, 6.45) is 1.86. The van der Waals surface area contributed by atoms with Gasteiger partial charge in [0.2, 0.25) is 0 Å². The third-order valence-electron chi connectivity index (χ3n) is 13.2. The van der Waals surface area contributed by atoms with Crippen LogP contribution in [0.15, 0.2) is 205 Å². The van der Waals surface area contributed by atoms with Crippen molar-refractivity contribution >= 4 is 21.9 Å². The Morgan fingerprint density at radius 3 is 1.54 bits per heavy atom. The Kier molecular flexibility index (Phi) is 6.06. The summed E-state index contributed by atoms with van der Waals surface area (Å²) in [5, 5.41) is 2.28. The number of pyridine rings is 1. The largest absolute Gasteiger partial charge is 0.456 e. The summed E-state index contributed by atoms with van der Waals surface area (Å²) in [6.45, 7) is 0. The van der Waals surface area contributed by atoms with Gasteiger partial charge >= 0.3 is 0 Å². The molecule has 0 radical (unpaired) electrons. The minimum absolute atomic E-state index is 0.500. The van der Waals surface area contributed by atoms with Crippen molar-refractivity contribution < 1.29 is 4.42 Å². The molecule has 2 nitrogen and oxygen atoms in total. The van der Waals surface area contributed by atoms with Crippen LogP contribution in [0.5, 0.6) is 0 Å². The highest BCUT2D eigenvalue weighted by Gasteiger charge is 2.59. The highest BCUT2D eigenvalue weighted by Crippen LogP contribution is 2.68. The highest BCUT2D eigenvalue weighted by atomic mass is 16.3. The third-order valence-corrected chi connectivity index (χ3v) is 13.2. The van der Waals surface area contributed by atoms with Crippen LogP contribution in [0.3, 0.4) is 0 Å². The smallest absolute Gasteiger partial charge is 0.136 e. The van der Waals surface area contributed by atoms with E-state index in [1.165, 1.54) is 77.9 Å². The second-order valence-corrected chi connectivity index (χ2v) is 15.7. The molecule has 0 bridgehead atoms. The first-order chi connectivity index (χ1) is 28.3. The van der Waals surface area contributed by atoms with Gasteiger partial charge in [-0.1, -0.05) is 164 Å². The molecule has 3 aliphatic carbocycles. The van der Waals surface area contributed by atoms with Gasteiger partial charge in [-0.3, -0.25) is 4.98 Å². The Morgan fingerprint density at radius 2 is 0.877 bits per heavy atom. The van der Waals surface area contributed by atoms with E-state index in [1.807, 2.05) is 18.3 Å². The van der Waals surface area contributed by atoms with Crippen molar-refractivity contribution in [2.24, 2.45) is 0 Å². The molecular weight excluding hydrogens is 691 g/mol. The minimum Gasteiger partial charge on any atom is -0.456 e. The Morgan fingerprint density at radius 1 is 0.333 bits per heavy atom. The lowest BCUT2D eigenvalue weighted by molar-refractivity contribution is 0.633. The maximum Gasteiger partial charge on any atom is 0.136 e. The van der Waals surface area contributed by atoms with Gasteiger partial charge in [-0.25, -0.2) is 0 Å². The molecule has 10 aromatic rings. The number of benzene rings is 8. The average Bonchev–Trinajstić information content (AvgIpc) is 3.90. The van der Waals surface area contributed by atoms with Crippen LogP contribution in [-0.2, 0) is 10.8 Å². The molecule has 3 aliphatic rings. The van der Waals surface area contributed by atoms with E-state index >= 15 is 0 Å². The number of nitrogens with zero attached hydrogens (tertiary/aromatic N) is 1. The standard InChI is InChI=1S/C55H33NO/c1-4-19-43-37(14-1)38-15-2-5-20-44(38)54(43)45-21-6-8-23-47(45)55(48-24-9-7-22-46(48)54)49-32-42-39-16-3-10-26-51(39)57-52(42)33-41(49)40-18-13-17-36(53(40)55)34-27-29-35(30-28-34)50-25-11-12-31-56-50/h1-33H. The summed E-state index contributed by atoms with van der Waals surface area (Å²) in [7, 11) is 0. The summed E-state index contributed by atoms with van der Waals surface area (Å²) in [4.78, 5) is 4.66. The molecule has 0 saturated heterocycles. The van der Waals surface area contributed by atoms with Crippen molar-refractivity contribution in [3.05, 3.63) is 245 Å². The molecule has 57 heavy (non-hydrogen) atoms. The quantitative estimate of drug-likeness (QED) is 0.177. The van der Waals surface area contributed by atoms with Crippen molar-refractivity contribution in [3.63, 3.8) is 0 Å². The van der Waals surface area contributed by atoms with Gasteiger partial charge in [-0.15, -0.1) is 0 Å². The molecule has 13 rings (SSSR count). The summed E-state index contributed by atoms with van der Waals surface area (Å²) < 4.78 is 6.63. The Balaban J connectivity index is 1.19. The fourth-order valence-corrected chi connectivity index (χ4v) is 11.2. The second kappa shape index (κ2) is 11.2. The zero-order valence-corrected chi connectivity index (χ0v) is 30.9. The Labute approximate surface area is 330 Å². The van der Waals surface area contributed by atoms with Crippen LogP contribution in [0.4, 0.5) is 0 Å². The van der Waals surface area contributed by atoms with Gasteiger partial charge in [-0.05, 0) is 108 Å². The monoisotopic (exact) mass is 723 g/mol. The molecule has 2 heterocycles. The fourth-order valence-electron chi connectivity index (χ4n) is 11.2. The summed E-state index contributed by atoms with van der Waals surface area (Å²) in [5.41, 5.74) is 20.8. The number of furan rings is 1. The van der Waals surface area contributed by atoms with E-state index in [4.69, 9.17) is 4.42 Å². The highest BCUT2D eigenvalue weighted by molar-refractivity contribution is 6.09. The SMILES string of the molecule is c1ccc(-c2ccc(-c3cccc4c3C3(c5cc6c(cc5-4)oc4ccccc46)c4ccccc4C4(c5ccccc5-c5ccccc54)c4ccccc43)cc2)nc1. The van der Waals surface area contributed by atoms with E-state index in [2.05, 4.69) is 187 Å². The van der Waals surface area contributed by atoms with Crippen LogP contribution >= 0.6 is 0 Å². The van der Waals surface area contributed by atoms with Crippen molar-refractivity contribution in [3.8, 4) is 44.6 Å². The van der Waals surface area contributed by atoms with Gasteiger partial charge in [0.25, 0.3) is 0 Å². The molecule has 0 fully saturated rings. The molecule has 2 aromatic heterocycles. The van der Waals surface area contributed by atoms with E-state index in [0.29, 0.717) is 0 Å². The Bertz CT molecular complexity index is 3200. The lowest BCUT2D eigenvalue weighted by atomic mass is 9.52. The van der Waals surface area contributed by atoms with Crippen LogP contribution < -0.4 is 0 Å². The molecular formula is C55H33NO. The number of para-hydroxylation sites is 1. The van der Waals surface area contributed by atoms with Gasteiger partial charge < -0.3 is 4.42 Å². The van der Waals surface area contributed by atoms with E-state index in [-0.39, 0.29) is 0 Å². The van der Waals surface area contributed by atoms with Gasteiger partial charge in [0.15, 0.2) is 0 Å². The normalized spacial score (nSPS) is 14.6. The van der Waals surface area contributed by atoms with Gasteiger partial charge in [0, 0.05) is 22.5 Å². The van der Waals surface area contributed by atoms with Crippen LogP contribution in [0.1, 0.15) is 44.5 Å². The third kappa shape index (κ3) is 3.78. The van der Waals surface area contributed by atoms with Crippen LogP contribution in [0, 0.1) is 0 Å². The van der Waals surface area contributed by atoms with E-state index in [9.17, 15) is 0 Å². The van der Waals surface area contributed by atoms with Gasteiger partial charge in [-0.2, -0.15) is 0 Å². The first-order valence-corrected chi connectivity index (χ1v) is 19.8. The fraction of sp³-hybridized carbons (Fsp3) is 0.0364. The van der Waals surface area contributed by atoms with E-state index in [0.717, 1.165) is 33.2 Å².